The fraction of sp³-hybridized carbons (Fsp3) is 0.812. The molecule has 9 atom stereocenters. The van der Waals surface area contributed by atoms with Crippen molar-refractivity contribution in [2.24, 2.45) is 39.4 Å². The molecule has 4 fully saturated rings. The maximum absolute atomic E-state index is 14.1. The zero-order valence-corrected chi connectivity index (χ0v) is 24.3. The van der Waals surface area contributed by atoms with Crippen molar-refractivity contribution >= 4 is 11.9 Å². The van der Waals surface area contributed by atoms with Crippen LogP contribution in [0.3, 0.4) is 0 Å². The van der Waals surface area contributed by atoms with Crippen molar-refractivity contribution in [1.29, 1.82) is 0 Å². The van der Waals surface area contributed by atoms with Gasteiger partial charge in [-0.1, -0.05) is 51.0 Å². The van der Waals surface area contributed by atoms with Crippen molar-refractivity contribution in [2.75, 3.05) is 0 Å². The molecule has 1 N–H and O–H groups in total. The van der Waals surface area contributed by atoms with E-state index in [2.05, 4.69) is 60.6 Å². The van der Waals surface area contributed by atoms with Gasteiger partial charge in [0.2, 0.25) is 0 Å². The summed E-state index contributed by atoms with van der Waals surface area (Å²) in [7, 11) is 0. The van der Waals surface area contributed by atoms with E-state index in [1.165, 1.54) is 18.1 Å². The Balaban J connectivity index is 1.59. The number of rotatable bonds is 4. The van der Waals surface area contributed by atoms with Gasteiger partial charge in [-0.3, -0.25) is 9.59 Å². The third-order valence-electron chi connectivity index (χ3n) is 12.1. The summed E-state index contributed by atoms with van der Waals surface area (Å²) in [6.07, 6.45) is 10.8. The SMILES string of the molecule is CC(=O)OC1CC2(C)C3CCC4C(C)(CCC(O)C4(C)C)C3=CCC23C(=O)OC(C)(CCC=C(C)C)C13. The first-order valence-corrected chi connectivity index (χ1v) is 14.6. The summed E-state index contributed by atoms with van der Waals surface area (Å²) < 4.78 is 12.4. The van der Waals surface area contributed by atoms with Crippen LogP contribution < -0.4 is 0 Å². The number of hydrogen-bond acceptors (Lipinski definition) is 5. The summed E-state index contributed by atoms with van der Waals surface area (Å²) in [6.45, 7) is 16.9. The second-order valence-corrected chi connectivity index (χ2v) is 14.6. The number of ether oxygens (including phenoxy) is 2. The molecule has 5 rings (SSSR count). The van der Waals surface area contributed by atoms with Crippen LogP contribution in [-0.2, 0) is 19.1 Å². The molecule has 0 bridgehead atoms. The first kappa shape index (κ1) is 27.0. The van der Waals surface area contributed by atoms with E-state index in [1.54, 1.807) is 0 Å². The van der Waals surface area contributed by atoms with Gasteiger partial charge in [-0.05, 0) is 100 Å². The molecule has 37 heavy (non-hydrogen) atoms. The van der Waals surface area contributed by atoms with E-state index < -0.39 is 11.0 Å². The Morgan fingerprint density at radius 3 is 2.49 bits per heavy atom. The molecule has 0 aromatic carbocycles. The Morgan fingerprint density at radius 1 is 1.14 bits per heavy atom. The summed E-state index contributed by atoms with van der Waals surface area (Å²) in [4.78, 5) is 26.4. The molecule has 9 unspecified atom stereocenters. The van der Waals surface area contributed by atoms with Crippen LogP contribution in [0.1, 0.15) is 107 Å². The molecular weight excluding hydrogens is 464 g/mol. The van der Waals surface area contributed by atoms with E-state index in [-0.39, 0.29) is 52.2 Å². The molecule has 0 radical (unpaired) electrons. The topological polar surface area (TPSA) is 72.8 Å². The number of fused-ring (bicyclic) bond motifs is 4. The van der Waals surface area contributed by atoms with Gasteiger partial charge in [0.25, 0.3) is 0 Å². The molecule has 1 spiro atoms. The fourth-order valence-electron chi connectivity index (χ4n) is 10.4. The number of aliphatic hydroxyl groups excluding tert-OH is 1. The summed E-state index contributed by atoms with van der Waals surface area (Å²) >= 11 is 0. The summed E-state index contributed by atoms with van der Waals surface area (Å²) in [5.74, 6) is 0.149. The minimum Gasteiger partial charge on any atom is -0.462 e. The smallest absolute Gasteiger partial charge is 0.314 e. The maximum atomic E-state index is 14.1. The van der Waals surface area contributed by atoms with Crippen LogP contribution in [0, 0.1) is 39.4 Å². The van der Waals surface area contributed by atoms with Crippen LogP contribution in [0.25, 0.3) is 0 Å². The highest BCUT2D eigenvalue weighted by atomic mass is 16.6. The molecule has 0 aromatic heterocycles. The first-order chi connectivity index (χ1) is 17.1. The number of aliphatic hydroxyl groups is 1. The third kappa shape index (κ3) is 3.51. The zero-order valence-electron chi connectivity index (χ0n) is 24.3. The maximum Gasteiger partial charge on any atom is 0.314 e. The predicted molar refractivity (Wildman–Crippen MR) is 143 cm³/mol. The monoisotopic (exact) mass is 512 g/mol. The molecule has 5 heteroatoms. The van der Waals surface area contributed by atoms with E-state index in [0.29, 0.717) is 18.8 Å². The minimum absolute atomic E-state index is 0.0144. The predicted octanol–water partition coefficient (Wildman–Crippen LogP) is 6.54. The molecule has 1 saturated heterocycles. The number of esters is 2. The summed E-state index contributed by atoms with van der Waals surface area (Å²) in [5, 5.41) is 10.9. The standard InChI is InChI=1S/C32H48O5/c1-19(2)10-9-15-31(8)26-23(36-20(3)33)18-30(7)22-11-12-24-28(4,5)25(34)14-16-29(24,6)21(22)13-17-32(26,30)27(35)37-31/h10,13,22-26,34H,9,11-12,14-18H2,1-8H3. The van der Waals surface area contributed by atoms with E-state index >= 15 is 0 Å². The third-order valence-corrected chi connectivity index (χ3v) is 12.1. The molecule has 0 aromatic rings. The van der Waals surface area contributed by atoms with Crippen molar-refractivity contribution in [1.82, 2.24) is 0 Å². The molecule has 1 aliphatic heterocycles. The van der Waals surface area contributed by atoms with Crippen molar-refractivity contribution in [3.05, 3.63) is 23.3 Å². The number of cyclic esters (lactones) is 1. The Morgan fingerprint density at radius 2 is 1.84 bits per heavy atom. The highest BCUT2D eigenvalue weighted by Crippen LogP contribution is 2.76. The Labute approximate surface area is 223 Å². The van der Waals surface area contributed by atoms with Gasteiger partial charge in [0.05, 0.1) is 17.4 Å². The van der Waals surface area contributed by atoms with Gasteiger partial charge in [-0.15, -0.1) is 0 Å². The van der Waals surface area contributed by atoms with E-state index in [9.17, 15) is 14.7 Å². The van der Waals surface area contributed by atoms with Crippen molar-refractivity contribution in [2.45, 2.75) is 125 Å². The van der Waals surface area contributed by atoms with E-state index in [0.717, 1.165) is 38.5 Å². The molecule has 0 amide bonds. The minimum atomic E-state index is -0.673. The molecule has 1 heterocycles. The van der Waals surface area contributed by atoms with Gasteiger partial charge in [0, 0.05) is 6.92 Å². The van der Waals surface area contributed by atoms with Gasteiger partial charge < -0.3 is 14.6 Å². The molecule has 5 nitrogen and oxygen atoms in total. The molecule has 206 valence electrons. The fourth-order valence-corrected chi connectivity index (χ4v) is 10.4. The summed E-state index contributed by atoms with van der Waals surface area (Å²) in [6, 6.07) is 0. The van der Waals surface area contributed by atoms with Crippen LogP contribution in [0.4, 0.5) is 0 Å². The van der Waals surface area contributed by atoms with Gasteiger partial charge in [0.15, 0.2) is 0 Å². The van der Waals surface area contributed by atoms with Crippen molar-refractivity contribution in [3.8, 4) is 0 Å². The molecule has 3 saturated carbocycles. The Kier molecular flexibility index (Phi) is 6.15. The van der Waals surface area contributed by atoms with E-state index in [1.807, 2.05) is 0 Å². The first-order valence-electron chi connectivity index (χ1n) is 14.6. The number of carbonyl (C=O) groups excluding carboxylic acids is 2. The lowest BCUT2D eigenvalue weighted by Gasteiger charge is -2.63. The Bertz CT molecular complexity index is 1050. The summed E-state index contributed by atoms with van der Waals surface area (Å²) in [5.41, 5.74) is 0.958. The van der Waals surface area contributed by atoms with Crippen LogP contribution in [0.5, 0.6) is 0 Å². The van der Waals surface area contributed by atoms with Crippen molar-refractivity contribution in [3.63, 3.8) is 0 Å². The molecular formula is C32H48O5. The number of allylic oxidation sites excluding steroid dienone is 4. The van der Waals surface area contributed by atoms with Gasteiger partial charge >= 0.3 is 11.9 Å². The second-order valence-electron chi connectivity index (χ2n) is 14.6. The molecule has 5 aliphatic rings. The lowest BCUT2D eigenvalue weighted by Crippen LogP contribution is -2.58. The average molecular weight is 513 g/mol. The van der Waals surface area contributed by atoms with Crippen LogP contribution in [0.15, 0.2) is 23.3 Å². The van der Waals surface area contributed by atoms with Gasteiger partial charge in [0.1, 0.15) is 11.7 Å². The highest BCUT2D eigenvalue weighted by Gasteiger charge is 2.79. The van der Waals surface area contributed by atoms with Crippen molar-refractivity contribution < 1.29 is 24.2 Å². The van der Waals surface area contributed by atoms with Gasteiger partial charge in [-0.2, -0.15) is 0 Å². The largest absolute Gasteiger partial charge is 0.462 e. The van der Waals surface area contributed by atoms with Crippen LogP contribution in [0.2, 0.25) is 0 Å². The normalized spacial score (nSPS) is 47.5. The lowest BCUT2D eigenvalue weighted by atomic mass is 9.41. The molecule has 4 aliphatic carbocycles. The second kappa shape index (κ2) is 8.44. The Hall–Kier alpha value is -1.62. The van der Waals surface area contributed by atoms with Gasteiger partial charge in [-0.25, -0.2) is 0 Å². The zero-order chi connectivity index (χ0) is 27.2. The number of hydrogen-bond donors (Lipinski definition) is 1. The number of carbonyl (C=O) groups is 2. The quantitative estimate of drug-likeness (QED) is 0.342. The highest BCUT2D eigenvalue weighted by molar-refractivity contribution is 5.84. The van der Waals surface area contributed by atoms with Crippen LogP contribution >= 0.6 is 0 Å². The van der Waals surface area contributed by atoms with Crippen LogP contribution in [-0.4, -0.2) is 34.9 Å². The average Bonchev–Trinajstić information content (AvgIpc) is 3.17. The lowest BCUT2D eigenvalue weighted by molar-refractivity contribution is -0.164. The van der Waals surface area contributed by atoms with E-state index in [4.69, 9.17) is 9.47 Å².